The standard InChI is InChI=1S/C22H16ClNO2/c23-13-10-8-12(9-11-13)18-19-16(6-3-7-17(19)25)24-21-14-4-1-2-5-15(14)22(26)20(18)21/h1-2,4-5,8-11,18,20H,3,6-7H2/t18-,20-/m0/s1. The molecular formula is C22H16ClNO2. The minimum absolute atomic E-state index is 0.0595. The highest BCUT2D eigenvalue weighted by atomic mass is 35.5. The van der Waals surface area contributed by atoms with Gasteiger partial charge in [0.05, 0.1) is 11.6 Å². The van der Waals surface area contributed by atoms with Gasteiger partial charge >= 0.3 is 0 Å². The van der Waals surface area contributed by atoms with E-state index in [9.17, 15) is 9.59 Å². The lowest BCUT2D eigenvalue weighted by Crippen LogP contribution is -2.33. The van der Waals surface area contributed by atoms with Gasteiger partial charge in [-0.05, 0) is 30.5 Å². The molecule has 3 nitrogen and oxygen atoms in total. The number of Topliss-reactive ketones (excluding diaryl/α,β-unsaturated/α-hetero) is 2. The van der Waals surface area contributed by atoms with E-state index in [2.05, 4.69) is 0 Å². The molecule has 0 N–H and O–H groups in total. The summed E-state index contributed by atoms with van der Waals surface area (Å²) in [6, 6.07) is 15.1. The molecule has 2 aromatic rings. The van der Waals surface area contributed by atoms with Gasteiger partial charge in [-0.2, -0.15) is 0 Å². The van der Waals surface area contributed by atoms with Crippen molar-refractivity contribution >= 4 is 28.9 Å². The first-order chi connectivity index (χ1) is 12.6. The molecule has 0 amide bonds. The molecule has 0 bridgehead atoms. The summed E-state index contributed by atoms with van der Waals surface area (Å²) >= 11 is 6.06. The van der Waals surface area contributed by atoms with Crippen molar-refractivity contribution in [3.05, 3.63) is 81.5 Å². The highest BCUT2D eigenvalue weighted by Crippen LogP contribution is 2.48. The number of allylic oxidation sites excluding steroid dienone is 2. The Bertz CT molecular complexity index is 1020. The summed E-state index contributed by atoms with van der Waals surface area (Å²) in [7, 11) is 0. The zero-order chi connectivity index (χ0) is 17.8. The number of hydrogen-bond donors (Lipinski definition) is 0. The van der Waals surface area contributed by atoms with Crippen LogP contribution in [-0.4, -0.2) is 17.3 Å². The van der Waals surface area contributed by atoms with Crippen molar-refractivity contribution in [2.75, 3.05) is 0 Å². The number of carbonyl (C=O) groups is 2. The van der Waals surface area contributed by atoms with Gasteiger partial charge in [-0.25, -0.2) is 0 Å². The first-order valence-electron chi connectivity index (χ1n) is 8.89. The summed E-state index contributed by atoms with van der Waals surface area (Å²) in [5.41, 5.74) is 4.98. The topological polar surface area (TPSA) is 46.5 Å². The molecule has 0 saturated carbocycles. The second kappa shape index (κ2) is 5.75. The number of benzene rings is 2. The highest BCUT2D eigenvalue weighted by molar-refractivity contribution is 6.31. The Hall–Kier alpha value is -2.52. The molecule has 0 radical (unpaired) electrons. The first-order valence-corrected chi connectivity index (χ1v) is 9.27. The van der Waals surface area contributed by atoms with Gasteiger partial charge < -0.3 is 0 Å². The van der Waals surface area contributed by atoms with E-state index >= 15 is 0 Å². The largest absolute Gasteiger partial charge is 0.294 e. The average Bonchev–Trinajstić information content (AvgIpc) is 2.94. The molecule has 2 aromatic carbocycles. The maximum Gasteiger partial charge on any atom is 0.173 e. The summed E-state index contributed by atoms with van der Waals surface area (Å²) in [5, 5.41) is 0.642. The zero-order valence-electron chi connectivity index (χ0n) is 14.0. The fourth-order valence-electron chi connectivity index (χ4n) is 4.48. The van der Waals surface area contributed by atoms with Crippen molar-refractivity contribution in [2.45, 2.75) is 25.2 Å². The number of fused-ring (bicyclic) bond motifs is 3. The average molecular weight is 362 g/mol. The number of rotatable bonds is 1. The maximum absolute atomic E-state index is 13.2. The Morgan fingerprint density at radius 3 is 2.38 bits per heavy atom. The molecule has 3 aliphatic rings. The molecule has 2 aliphatic carbocycles. The summed E-state index contributed by atoms with van der Waals surface area (Å²) < 4.78 is 0. The fourth-order valence-corrected chi connectivity index (χ4v) is 4.60. The van der Waals surface area contributed by atoms with Crippen LogP contribution >= 0.6 is 11.6 Å². The Morgan fingerprint density at radius 1 is 0.885 bits per heavy atom. The maximum atomic E-state index is 13.2. The van der Waals surface area contributed by atoms with Gasteiger partial charge in [0.15, 0.2) is 11.6 Å². The first kappa shape index (κ1) is 15.7. The van der Waals surface area contributed by atoms with E-state index in [0.29, 0.717) is 17.0 Å². The third-order valence-corrected chi connectivity index (χ3v) is 5.86. The normalized spacial score (nSPS) is 24.1. The van der Waals surface area contributed by atoms with E-state index in [1.807, 2.05) is 48.5 Å². The van der Waals surface area contributed by atoms with Crippen molar-refractivity contribution in [2.24, 2.45) is 10.9 Å². The predicted octanol–water partition coefficient (Wildman–Crippen LogP) is 4.75. The van der Waals surface area contributed by atoms with E-state index in [-0.39, 0.29) is 17.5 Å². The van der Waals surface area contributed by atoms with Crippen LogP contribution < -0.4 is 0 Å². The van der Waals surface area contributed by atoms with E-state index in [1.165, 1.54) is 0 Å². The molecule has 4 heteroatoms. The molecule has 2 atom stereocenters. The van der Waals surface area contributed by atoms with Crippen molar-refractivity contribution < 1.29 is 9.59 Å². The molecule has 0 unspecified atom stereocenters. The summed E-state index contributed by atoms with van der Waals surface area (Å²) in [5.74, 6) is -0.515. The number of ketones is 2. The van der Waals surface area contributed by atoms with E-state index in [1.54, 1.807) is 0 Å². The quantitative estimate of drug-likeness (QED) is 0.736. The molecule has 0 fully saturated rings. The number of carbonyl (C=O) groups excluding carboxylic acids is 2. The minimum Gasteiger partial charge on any atom is -0.294 e. The van der Waals surface area contributed by atoms with Gasteiger partial charge in [-0.15, -0.1) is 0 Å². The molecule has 0 aromatic heterocycles. The number of aliphatic imine (C=N–C) groups is 1. The van der Waals surface area contributed by atoms with Crippen LogP contribution in [0.5, 0.6) is 0 Å². The summed E-state index contributed by atoms with van der Waals surface area (Å²) in [6.07, 6.45) is 2.14. The van der Waals surface area contributed by atoms with Crippen LogP contribution in [0.25, 0.3) is 0 Å². The van der Waals surface area contributed by atoms with Gasteiger partial charge in [0.2, 0.25) is 0 Å². The third-order valence-electron chi connectivity index (χ3n) is 5.60. The lowest BCUT2D eigenvalue weighted by Gasteiger charge is -2.33. The Labute approximate surface area is 156 Å². The predicted molar refractivity (Wildman–Crippen MR) is 101 cm³/mol. The van der Waals surface area contributed by atoms with Crippen LogP contribution in [0.2, 0.25) is 5.02 Å². The van der Waals surface area contributed by atoms with Crippen LogP contribution in [0.3, 0.4) is 0 Å². The SMILES string of the molecule is O=C1CCCC2=C1[C@H](c1ccc(Cl)cc1)[C@@H]1C(=O)c3ccccc3C1=N2. The van der Waals surface area contributed by atoms with Crippen molar-refractivity contribution in [3.63, 3.8) is 0 Å². The monoisotopic (exact) mass is 361 g/mol. The molecular weight excluding hydrogens is 346 g/mol. The van der Waals surface area contributed by atoms with Crippen molar-refractivity contribution in [3.8, 4) is 0 Å². The molecule has 26 heavy (non-hydrogen) atoms. The Kier molecular flexibility index (Phi) is 3.47. The van der Waals surface area contributed by atoms with E-state index < -0.39 is 5.92 Å². The van der Waals surface area contributed by atoms with Crippen molar-refractivity contribution in [1.29, 1.82) is 0 Å². The second-order valence-electron chi connectivity index (χ2n) is 7.05. The lowest BCUT2D eigenvalue weighted by atomic mass is 9.71. The summed E-state index contributed by atoms with van der Waals surface area (Å²) in [6.45, 7) is 0. The van der Waals surface area contributed by atoms with Crippen LogP contribution in [0.1, 0.15) is 46.7 Å². The van der Waals surface area contributed by atoms with Crippen LogP contribution in [0.4, 0.5) is 0 Å². The number of halogens is 1. The lowest BCUT2D eigenvalue weighted by molar-refractivity contribution is -0.116. The molecule has 128 valence electrons. The molecule has 5 rings (SSSR count). The van der Waals surface area contributed by atoms with Crippen LogP contribution in [-0.2, 0) is 4.79 Å². The molecule has 0 saturated heterocycles. The van der Waals surface area contributed by atoms with Gasteiger partial charge in [0.25, 0.3) is 0 Å². The molecule has 1 aliphatic heterocycles. The Morgan fingerprint density at radius 2 is 1.62 bits per heavy atom. The zero-order valence-corrected chi connectivity index (χ0v) is 14.8. The molecule has 1 heterocycles. The number of nitrogens with zero attached hydrogens (tertiary/aromatic N) is 1. The van der Waals surface area contributed by atoms with Gasteiger partial charge in [0.1, 0.15) is 0 Å². The van der Waals surface area contributed by atoms with Gasteiger partial charge in [0, 0.05) is 39.8 Å². The summed E-state index contributed by atoms with van der Waals surface area (Å²) in [4.78, 5) is 30.8. The second-order valence-corrected chi connectivity index (χ2v) is 7.49. The van der Waals surface area contributed by atoms with E-state index in [4.69, 9.17) is 16.6 Å². The van der Waals surface area contributed by atoms with E-state index in [0.717, 1.165) is 41.0 Å². The van der Waals surface area contributed by atoms with Crippen LogP contribution in [0.15, 0.2) is 64.8 Å². The minimum atomic E-state index is -0.422. The third kappa shape index (κ3) is 2.17. The van der Waals surface area contributed by atoms with Crippen LogP contribution in [0, 0.1) is 5.92 Å². The van der Waals surface area contributed by atoms with Gasteiger partial charge in [-0.3, -0.25) is 14.6 Å². The highest BCUT2D eigenvalue weighted by Gasteiger charge is 2.48. The Balaban J connectivity index is 1.76. The van der Waals surface area contributed by atoms with Gasteiger partial charge in [-0.1, -0.05) is 48.0 Å². The fraction of sp³-hybridized carbons (Fsp3) is 0.227. The van der Waals surface area contributed by atoms with Crippen molar-refractivity contribution in [1.82, 2.24) is 0 Å². The smallest absolute Gasteiger partial charge is 0.173 e. The number of hydrogen-bond acceptors (Lipinski definition) is 3. The molecule has 0 spiro atoms.